The van der Waals surface area contributed by atoms with Gasteiger partial charge in [-0.15, -0.1) is 0 Å². The van der Waals surface area contributed by atoms with Crippen LogP contribution in [0.1, 0.15) is 6.92 Å². The number of thioether (sulfide) groups is 1. The standard InChI is InChI=1S/C12H16FNO2S/c1-9(6-15)7-17-8-12(16)14-11-5-3-2-4-10(11)13/h2-5,9,15H,6-8H2,1H3,(H,14,16). The Bertz CT molecular complexity index is 373. The predicted molar refractivity (Wildman–Crippen MR) is 68.6 cm³/mol. The lowest BCUT2D eigenvalue weighted by Gasteiger charge is -2.08. The maximum absolute atomic E-state index is 13.2. The van der Waals surface area contributed by atoms with E-state index in [1.807, 2.05) is 6.92 Å². The van der Waals surface area contributed by atoms with Crippen molar-refractivity contribution in [2.75, 3.05) is 23.4 Å². The number of hydrogen-bond donors (Lipinski definition) is 2. The van der Waals surface area contributed by atoms with E-state index in [-0.39, 0.29) is 29.9 Å². The van der Waals surface area contributed by atoms with Gasteiger partial charge in [-0.2, -0.15) is 11.8 Å². The molecule has 1 amide bonds. The summed E-state index contributed by atoms with van der Waals surface area (Å²) >= 11 is 1.42. The molecule has 5 heteroatoms. The summed E-state index contributed by atoms with van der Waals surface area (Å²) in [5.74, 6) is 0.473. The molecule has 0 heterocycles. The minimum Gasteiger partial charge on any atom is -0.396 e. The van der Waals surface area contributed by atoms with Gasteiger partial charge in [0.2, 0.25) is 5.91 Å². The van der Waals surface area contributed by atoms with Crippen molar-refractivity contribution >= 4 is 23.4 Å². The van der Waals surface area contributed by atoms with E-state index < -0.39 is 5.82 Å². The Labute approximate surface area is 104 Å². The van der Waals surface area contributed by atoms with Crippen molar-refractivity contribution in [2.24, 2.45) is 5.92 Å². The molecule has 1 aromatic rings. The number of carbonyl (C=O) groups excluding carboxylic acids is 1. The molecule has 1 atom stereocenters. The maximum atomic E-state index is 13.2. The van der Waals surface area contributed by atoms with Crippen LogP contribution in [0.25, 0.3) is 0 Å². The number of aliphatic hydroxyl groups excluding tert-OH is 1. The molecule has 17 heavy (non-hydrogen) atoms. The van der Waals surface area contributed by atoms with Crippen LogP contribution >= 0.6 is 11.8 Å². The van der Waals surface area contributed by atoms with Crippen LogP contribution in [0.5, 0.6) is 0 Å². The van der Waals surface area contributed by atoms with Gasteiger partial charge in [-0.1, -0.05) is 19.1 Å². The quantitative estimate of drug-likeness (QED) is 0.820. The Hall–Kier alpha value is -1.07. The van der Waals surface area contributed by atoms with E-state index in [1.54, 1.807) is 12.1 Å². The Balaban J connectivity index is 2.33. The number of anilines is 1. The fourth-order valence-electron chi connectivity index (χ4n) is 1.15. The number of carbonyl (C=O) groups is 1. The second-order valence-electron chi connectivity index (χ2n) is 3.83. The summed E-state index contributed by atoms with van der Waals surface area (Å²) in [6.45, 7) is 2.02. The van der Waals surface area contributed by atoms with Crippen molar-refractivity contribution in [3.63, 3.8) is 0 Å². The molecule has 94 valence electrons. The van der Waals surface area contributed by atoms with E-state index >= 15 is 0 Å². The molecule has 0 bridgehead atoms. The summed E-state index contributed by atoms with van der Waals surface area (Å²) in [5, 5.41) is 11.3. The number of halogens is 1. The van der Waals surface area contributed by atoms with Crippen LogP contribution in [0, 0.1) is 11.7 Å². The molecule has 0 aliphatic heterocycles. The van der Waals surface area contributed by atoms with Crippen LogP contribution in [-0.4, -0.2) is 29.1 Å². The SMILES string of the molecule is CC(CO)CSCC(=O)Nc1ccccc1F. The second kappa shape index (κ2) is 7.29. The molecule has 0 fully saturated rings. The highest BCUT2D eigenvalue weighted by atomic mass is 32.2. The van der Waals surface area contributed by atoms with E-state index in [9.17, 15) is 9.18 Å². The largest absolute Gasteiger partial charge is 0.396 e. The molecule has 1 rings (SSSR count). The van der Waals surface area contributed by atoms with Crippen LogP contribution in [0.2, 0.25) is 0 Å². The van der Waals surface area contributed by atoms with Gasteiger partial charge in [0, 0.05) is 6.61 Å². The Kier molecular flexibility index (Phi) is 6.00. The van der Waals surface area contributed by atoms with Crippen molar-refractivity contribution in [3.8, 4) is 0 Å². The second-order valence-corrected chi connectivity index (χ2v) is 4.86. The normalized spacial score (nSPS) is 12.2. The highest BCUT2D eigenvalue weighted by Gasteiger charge is 2.07. The summed E-state index contributed by atoms with van der Waals surface area (Å²) in [7, 11) is 0. The first-order valence-electron chi connectivity index (χ1n) is 5.36. The maximum Gasteiger partial charge on any atom is 0.234 e. The van der Waals surface area contributed by atoms with Crippen molar-refractivity contribution < 1.29 is 14.3 Å². The third-order valence-corrected chi connectivity index (χ3v) is 3.37. The Morgan fingerprint density at radius 3 is 2.88 bits per heavy atom. The van der Waals surface area contributed by atoms with Crippen LogP contribution in [0.15, 0.2) is 24.3 Å². The molecule has 3 nitrogen and oxygen atoms in total. The number of hydrogen-bond acceptors (Lipinski definition) is 3. The number of benzene rings is 1. The summed E-state index contributed by atoms with van der Waals surface area (Å²) in [6.07, 6.45) is 0. The molecule has 2 N–H and O–H groups in total. The number of nitrogens with one attached hydrogen (secondary N) is 1. The zero-order chi connectivity index (χ0) is 12.7. The molecule has 1 aromatic carbocycles. The van der Waals surface area contributed by atoms with E-state index in [0.29, 0.717) is 5.75 Å². The van der Waals surface area contributed by atoms with Crippen LogP contribution in [0.4, 0.5) is 10.1 Å². The first-order chi connectivity index (χ1) is 8.13. The van der Waals surface area contributed by atoms with Gasteiger partial charge in [0.25, 0.3) is 0 Å². The number of para-hydroxylation sites is 1. The summed E-state index contributed by atoms with van der Waals surface area (Å²) in [4.78, 5) is 11.5. The molecular weight excluding hydrogens is 241 g/mol. The number of rotatable bonds is 6. The highest BCUT2D eigenvalue weighted by Crippen LogP contribution is 2.13. The lowest BCUT2D eigenvalue weighted by molar-refractivity contribution is -0.113. The van der Waals surface area contributed by atoms with Crippen molar-refractivity contribution in [1.29, 1.82) is 0 Å². The zero-order valence-electron chi connectivity index (χ0n) is 9.65. The average molecular weight is 257 g/mol. The van der Waals surface area contributed by atoms with Gasteiger partial charge in [0.05, 0.1) is 11.4 Å². The van der Waals surface area contributed by atoms with Crippen molar-refractivity contribution in [3.05, 3.63) is 30.1 Å². The third-order valence-electron chi connectivity index (χ3n) is 2.10. The fourth-order valence-corrected chi connectivity index (χ4v) is 2.04. The van der Waals surface area contributed by atoms with Gasteiger partial charge >= 0.3 is 0 Å². The lowest BCUT2D eigenvalue weighted by atomic mass is 10.2. The summed E-state index contributed by atoms with van der Waals surface area (Å²) < 4.78 is 13.2. The molecule has 0 aromatic heterocycles. The number of amides is 1. The molecule has 0 saturated heterocycles. The van der Waals surface area contributed by atoms with Crippen molar-refractivity contribution in [1.82, 2.24) is 0 Å². The highest BCUT2D eigenvalue weighted by molar-refractivity contribution is 7.99. The molecule has 0 spiro atoms. The predicted octanol–water partition coefficient (Wildman–Crippen LogP) is 2.13. The molecule has 0 saturated carbocycles. The molecular formula is C12H16FNO2S. The molecule has 0 radical (unpaired) electrons. The van der Waals surface area contributed by atoms with Crippen molar-refractivity contribution in [2.45, 2.75) is 6.92 Å². The van der Waals surface area contributed by atoms with Gasteiger partial charge in [0.1, 0.15) is 5.82 Å². The van der Waals surface area contributed by atoms with Gasteiger partial charge in [0.15, 0.2) is 0 Å². The lowest BCUT2D eigenvalue weighted by Crippen LogP contribution is -2.16. The smallest absolute Gasteiger partial charge is 0.234 e. The number of aliphatic hydroxyl groups is 1. The Morgan fingerprint density at radius 1 is 1.53 bits per heavy atom. The minimum atomic E-state index is -0.436. The first-order valence-corrected chi connectivity index (χ1v) is 6.52. The van der Waals surface area contributed by atoms with Crippen LogP contribution in [0.3, 0.4) is 0 Å². The zero-order valence-corrected chi connectivity index (χ0v) is 10.5. The first kappa shape index (κ1) is 14.0. The minimum absolute atomic E-state index is 0.113. The van der Waals surface area contributed by atoms with Gasteiger partial charge < -0.3 is 10.4 Å². The van der Waals surface area contributed by atoms with Crippen LogP contribution < -0.4 is 5.32 Å². The Morgan fingerprint density at radius 2 is 2.24 bits per heavy atom. The monoisotopic (exact) mass is 257 g/mol. The van der Waals surface area contributed by atoms with Crippen LogP contribution in [-0.2, 0) is 4.79 Å². The van der Waals surface area contributed by atoms with E-state index in [2.05, 4.69) is 5.32 Å². The third kappa shape index (κ3) is 5.19. The van der Waals surface area contributed by atoms with Gasteiger partial charge in [-0.05, 0) is 23.8 Å². The topological polar surface area (TPSA) is 49.3 Å². The molecule has 1 unspecified atom stereocenters. The average Bonchev–Trinajstić information content (AvgIpc) is 2.32. The summed E-state index contributed by atoms with van der Waals surface area (Å²) in [5.41, 5.74) is 0.202. The van der Waals surface area contributed by atoms with E-state index in [0.717, 1.165) is 0 Å². The molecule has 0 aliphatic carbocycles. The van der Waals surface area contributed by atoms with E-state index in [4.69, 9.17) is 5.11 Å². The van der Waals surface area contributed by atoms with Gasteiger partial charge in [-0.3, -0.25) is 4.79 Å². The fraction of sp³-hybridized carbons (Fsp3) is 0.417. The van der Waals surface area contributed by atoms with E-state index in [1.165, 1.54) is 23.9 Å². The summed E-state index contributed by atoms with van der Waals surface area (Å²) in [6, 6.07) is 6.06. The van der Waals surface area contributed by atoms with Gasteiger partial charge in [-0.25, -0.2) is 4.39 Å². The molecule has 0 aliphatic rings.